The summed E-state index contributed by atoms with van der Waals surface area (Å²) in [5.41, 5.74) is 2.61. The molecule has 1 atom stereocenters. The lowest BCUT2D eigenvalue weighted by Crippen LogP contribution is -2.36. The monoisotopic (exact) mass is 436 g/mol. The molecular weight excluding hydrogens is 408 g/mol. The van der Waals surface area contributed by atoms with Crippen LogP contribution >= 0.6 is 0 Å². The highest BCUT2D eigenvalue weighted by molar-refractivity contribution is 6.01. The Balaban J connectivity index is 1.67. The van der Waals surface area contributed by atoms with Crippen molar-refractivity contribution in [3.63, 3.8) is 0 Å². The van der Waals surface area contributed by atoms with Gasteiger partial charge in [0.05, 0.1) is 19.8 Å². The molecule has 0 radical (unpaired) electrons. The van der Waals surface area contributed by atoms with E-state index in [0.29, 0.717) is 40.8 Å². The molecule has 0 bridgehead atoms. The normalized spacial score (nSPS) is 20.4. The van der Waals surface area contributed by atoms with E-state index in [1.807, 2.05) is 18.2 Å². The lowest BCUT2D eigenvalue weighted by Gasteiger charge is -2.34. The van der Waals surface area contributed by atoms with Gasteiger partial charge in [0, 0.05) is 36.7 Å². The van der Waals surface area contributed by atoms with E-state index in [1.54, 1.807) is 14.2 Å². The SMILES string of the molecule is COc1ccc(C2C3=C(CCCC3=O)Nc3nc(N4CCCCC4)[nH]c(=O)c32)cc1OC. The number of rotatable bonds is 4. The van der Waals surface area contributed by atoms with E-state index in [4.69, 9.17) is 14.5 Å². The molecule has 8 heteroatoms. The molecule has 32 heavy (non-hydrogen) atoms. The van der Waals surface area contributed by atoms with Crippen LogP contribution in [0.3, 0.4) is 0 Å². The molecule has 1 aliphatic carbocycles. The standard InChI is InChI=1S/C24H28N4O4/c1-31-17-10-9-14(13-18(17)32-2)19-20-15(7-6-8-16(20)29)25-22-21(19)23(30)27-24(26-22)28-11-4-3-5-12-28/h9-10,13,19H,3-8,11-12H2,1-2H3,(H2,25,26,27,30). The molecule has 1 aromatic carbocycles. The van der Waals surface area contributed by atoms with E-state index in [-0.39, 0.29) is 11.3 Å². The Morgan fingerprint density at radius 2 is 1.78 bits per heavy atom. The van der Waals surface area contributed by atoms with Crippen LogP contribution in [0.5, 0.6) is 11.5 Å². The number of allylic oxidation sites excluding steroid dienone is 2. The van der Waals surface area contributed by atoms with Crippen molar-refractivity contribution in [1.29, 1.82) is 0 Å². The lowest BCUT2D eigenvalue weighted by atomic mass is 9.76. The predicted molar refractivity (Wildman–Crippen MR) is 122 cm³/mol. The van der Waals surface area contributed by atoms with Gasteiger partial charge >= 0.3 is 0 Å². The highest BCUT2D eigenvalue weighted by Crippen LogP contribution is 2.45. The Kier molecular flexibility index (Phi) is 5.36. The maximum Gasteiger partial charge on any atom is 0.258 e. The number of hydrogen-bond donors (Lipinski definition) is 2. The first kappa shape index (κ1) is 20.6. The zero-order chi connectivity index (χ0) is 22.2. The molecule has 8 nitrogen and oxygen atoms in total. The van der Waals surface area contributed by atoms with Crippen molar-refractivity contribution in [2.75, 3.05) is 37.5 Å². The highest BCUT2D eigenvalue weighted by atomic mass is 16.5. The number of nitrogens with zero attached hydrogens (tertiary/aromatic N) is 2. The van der Waals surface area contributed by atoms with Crippen LogP contribution in [0.15, 0.2) is 34.3 Å². The van der Waals surface area contributed by atoms with Gasteiger partial charge in [0.25, 0.3) is 5.56 Å². The summed E-state index contributed by atoms with van der Waals surface area (Å²) >= 11 is 0. The largest absolute Gasteiger partial charge is 0.493 e. The van der Waals surface area contributed by atoms with Gasteiger partial charge in [-0.05, 0) is 49.8 Å². The molecule has 3 heterocycles. The van der Waals surface area contributed by atoms with Crippen LogP contribution in [0, 0.1) is 0 Å². The van der Waals surface area contributed by atoms with Gasteiger partial charge in [-0.25, -0.2) is 0 Å². The van der Waals surface area contributed by atoms with E-state index in [9.17, 15) is 9.59 Å². The fourth-order valence-electron chi connectivity index (χ4n) is 5.07. The molecule has 0 saturated carbocycles. The fourth-order valence-corrected chi connectivity index (χ4v) is 5.07. The van der Waals surface area contributed by atoms with Crippen molar-refractivity contribution in [2.45, 2.75) is 44.4 Å². The number of aromatic nitrogens is 2. The number of Topliss-reactive ketones (excluding diaryl/α,β-unsaturated/α-hetero) is 1. The van der Waals surface area contributed by atoms with Crippen molar-refractivity contribution >= 4 is 17.5 Å². The van der Waals surface area contributed by atoms with Gasteiger partial charge in [-0.2, -0.15) is 4.98 Å². The van der Waals surface area contributed by atoms with Gasteiger partial charge in [0.2, 0.25) is 5.95 Å². The minimum absolute atomic E-state index is 0.0729. The molecule has 1 unspecified atom stereocenters. The van der Waals surface area contributed by atoms with Crippen LogP contribution < -0.4 is 25.2 Å². The molecule has 0 spiro atoms. The minimum atomic E-state index is -0.500. The quantitative estimate of drug-likeness (QED) is 0.759. The summed E-state index contributed by atoms with van der Waals surface area (Å²) in [5.74, 6) is 1.87. The van der Waals surface area contributed by atoms with Gasteiger partial charge in [-0.15, -0.1) is 0 Å². The second-order valence-corrected chi connectivity index (χ2v) is 8.54. The van der Waals surface area contributed by atoms with E-state index < -0.39 is 5.92 Å². The summed E-state index contributed by atoms with van der Waals surface area (Å²) in [6.45, 7) is 1.76. The van der Waals surface area contributed by atoms with Crippen LogP contribution in [0.1, 0.15) is 55.6 Å². The summed E-state index contributed by atoms with van der Waals surface area (Å²) in [6, 6.07) is 5.56. The van der Waals surface area contributed by atoms with Crippen molar-refractivity contribution < 1.29 is 14.3 Å². The zero-order valence-electron chi connectivity index (χ0n) is 18.5. The number of fused-ring (bicyclic) bond motifs is 1. The smallest absolute Gasteiger partial charge is 0.258 e. The summed E-state index contributed by atoms with van der Waals surface area (Å²) < 4.78 is 10.9. The van der Waals surface area contributed by atoms with E-state index in [2.05, 4.69) is 15.2 Å². The Morgan fingerprint density at radius 3 is 2.53 bits per heavy atom. The van der Waals surface area contributed by atoms with Crippen LogP contribution in [0.2, 0.25) is 0 Å². The van der Waals surface area contributed by atoms with Gasteiger partial charge < -0.3 is 19.7 Å². The summed E-state index contributed by atoms with van der Waals surface area (Å²) in [6.07, 6.45) is 5.41. The maximum absolute atomic E-state index is 13.4. The van der Waals surface area contributed by atoms with Crippen LogP contribution in [-0.2, 0) is 4.79 Å². The number of carbonyl (C=O) groups excluding carboxylic acids is 1. The molecule has 1 aromatic heterocycles. The average molecular weight is 437 g/mol. The fraction of sp³-hybridized carbons (Fsp3) is 0.458. The first-order valence-electron chi connectivity index (χ1n) is 11.2. The molecule has 2 N–H and O–H groups in total. The number of nitrogens with one attached hydrogen (secondary N) is 2. The van der Waals surface area contributed by atoms with Crippen molar-refractivity contribution in [3.8, 4) is 11.5 Å². The first-order valence-corrected chi connectivity index (χ1v) is 11.2. The highest BCUT2D eigenvalue weighted by Gasteiger charge is 2.38. The number of ketones is 1. The Labute approximate surface area is 186 Å². The van der Waals surface area contributed by atoms with Gasteiger partial charge in [0.1, 0.15) is 5.82 Å². The number of aromatic amines is 1. The van der Waals surface area contributed by atoms with Gasteiger partial charge in [-0.1, -0.05) is 6.07 Å². The summed E-state index contributed by atoms with van der Waals surface area (Å²) in [7, 11) is 3.16. The Morgan fingerprint density at radius 1 is 1.00 bits per heavy atom. The van der Waals surface area contributed by atoms with Crippen LogP contribution in [0.4, 0.5) is 11.8 Å². The summed E-state index contributed by atoms with van der Waals surface area (Å²) in [4.78, 5) is 36.4. The molecule has 1 fully saturated rings. The predicted octanol–water partition coefficient (Wildman–Crippen LogP) is 3.34. The van der Waals surface area contributed by atoms with Crippen LogP contribution in [0.25, 0.3) is 0 Å². The second kappa shape index (κ2) is 8.33. The third kappa shape index (κ3) is 3.43. The maximum atomic E-state index is 13.4. The third-order valence-corrected chi connectivity index (χ3v) is 6.64. The number of ether oxygens (including phenoxy) is 2. The number of hydrogen-bond acceptors (Lipinski definition) is 7. The van der Waals surface area contributed by atoms with Crippen molar-refractivity contribution in [3.05, 3.63) is 50.9 Å². The number of carbonyl (C=O) groups is 1. The number of methoxy groups -OCH3 is 2. The molecule has 1 saturated heterocycles. The lowest BCUT2D eigenvalue weighted by molar-refractivity contribution is -0.116. The number of H-pyrrole nitrogens is 1. The number of piperidine rings is 1. The van der Waals surface area contributed by atoms with E-state index >= 15 is 0 Å². The Hall–Kier alpha value is -3.29. The van der Waals surface area contributed by atoms with Crippen LogP contribution in [-0.4, -0.2) is 43.1 Å². The molecule has 0 amide bonds. The van der Waals surface area contributed by atoms with Crippen molar-refractivity contribution in [2.24, 2.45) is 0 Å². The van der Waals surface area contributed by atoms with Gasteiger partial charge in [0.15, 0.2) is 17.3 Å². The molecule has 2 aromatic rings. The molecule has 3 aliphatic rings. The molecule has 5 rings (SSSR count). The Bertz CT molecular complexity index is 1150. The topological polar surface area (TPSA) is 96.5 Å². The number of benzene rings is 1. The zero-order valence-corrected chi connectivity index (χ0v) is 18.5. The minimum Gasteiger partial charge on any atom is -0.493 e. The van der Waals surface area contributed by atoms with Crippen molar-refractivity contribution in [1.82, 2.24) is 9.97 Å². The molecular formula is C24H28N4O4. The van der Waals surface area contributed by atoms with E-state index in [0.717, 1.165) is 50.0 Å². The average Bonchev–Trinajstić information content (AvgIpc) is 2.83. The first-order chi connectivity index (χ1) is 15.6. The molecule has 168 valence electrons. The third-order valence-electron chi connectivity index (χ3n) is 6.64. The van der Waals surface area contributed by atoms with E-state index in [1.165, 1.54) is 6.42 Å². The van der Waals surface area contributed by atoms with Gasteiger partial charge in [-0.3, -0.25) is 14.6 Å². The second-order valence-electron chi connectivity index (χ2n) is 8.54. The summed E-state index contributed by atoms with van der Waals surface area (Å²) in [5, 5.41) is 3.35. The molecule has 2 aliphatic heterocycles. The number of anilines is 2.